The van der Waals surface area contributed by atoms with E-state index in [4.69, 9.17) is 9.47 Å². The van der Waals surface area contributed by atoms with Gasteiger partial charge in [-0.05, 0) is 25.1 Å². The van der Waals surface area contributed by atoms with Crippen LogP contribution in [0, 0.1) is 6.92 Å². The van der Waals surface area contributed by atoms with E-state index in [0.717, 1.165) is 33.5 Å². The Morgan fingerprint density at radius 1 is 1.33 bits per heavy atom. The van der Waals surface area contributed by atoms with Crippen molar-refractivity contribution < 1.29 is 14.3 Å². The molecule has 1 aliphatic rings. The summed E-state index contributed by atoms with van der Waals surface area (Å²) in [5.41, 5.74) is 2.56. The Balaban J connectivity index is 1.45. The summed E-state index contributed by atoms with van der Waals surface area (Å²) in [7, 11) is 0. The van der Waals surface area contributed by atoms with E-state index in [1.165, 1.54) is 11.3 Å². The van der Waals surface area contributed by atoms with Gasteiger partial charge in [-0.25, -0.2) is 4.98 Å². The quantitative estimate of drug-likeness (QED) is 0.761. The number of benzene rings is 1. The fourth-order valence-corrected chi connectivity index (χ4v) is 3.20. The topological polar surface area (TPSA) is 89.1 Å². The van der Waals surface area contributed by atoms with Crippen LogP contribution in [0.15, 0.2) is 29.6 Å². The normalized spacial score (nSPS) is 12.4. The summed E-state index contributed by atoms with van der Waals surface area (Å²) >= 11 is 1.49. The first kappa shape index (κ1) is 14.7. The van der Waals surface area contributed by atoms with Crippen LogP contribution < -0.4 is 14.8 Å². The Kier molecular flexibility index (Phi) is 3.66. The van der Waals surface area contributed by atoms with E-state index >= 15 is 0 Å². The van der Waals surface area contributed by atoms with Crippen LogP contribution in [0.2, 0.25) is 0 Å². The van der Waals surface area contributed by atoms with Gasteiger partial charge in [-0.2, -0.15) is 5.10 Å². The number of rotatable bonds is 4. The third kappa shape index (κ3) is 2.95. The lowest BCUT2D eigenvalue weighted by Gasteiger charge is -2.00. The highest BCUT2D eigenvalue weighted by atomic mass is 32.1. The van der Waals surface area contributed by atoms with Gasteiger partial charge in [0, 0.05) is 22.7 Å². The molecule has 0 saturated carbocycles. The number of carbonyl (C=O) groups excluding carboxylic acids is 1. The van der Waals surface area contributed by atoms with Gasteiger partial charge < -0.3 is 14.8 Å². The number of carbonyl (C=O) groups is 1. The first-order chi connectivity index (χ1) is 11.7. The van der Waals surface area contributed by atoms with E-state index < -0.39 is 0 Å². The first-order valence-electron chi connectivity index (χ1n) is 7.34. The highest BCUT2D eigenvalue weighted by Gasteiger charge is 2.16. The Morgan fingerprint density at radius 2 is 2.21 bits per heavy atom. The molecule has 1 aliphatic heterocycles. The summed E-state index contributed by atoms with van der Waals surface area (Å²) in [5.74, 6) is 1.83. The number of aromatic amines is 1. The molecule has 3 heterocycles. The summed E-state index contributed by atoms with van der Waals surface area (Å²) in [6, 6.07) is 7.47. The zero-order valence-electron chi connectivity index (χ0n) is 12.8. The highest BCUT2D eigenvalue weighted by molar-refractivity contribution is 7.13. The zero-order chi connectivity index (χ0) is 16.5. The van der Waals surface area contributed by atoms with Crippen LogP contribution in [0.5, 0.6) is 11.5 Å². The molecule has 0 bridgehead atoms. The Hall–Kier alpha value is -2.87. The fraction of sp³-hybridized carbons (Fsp3) is 0.188. The number of fused-ring (bicyclic) bond motifs is 1. The molecule has 0 fully saturated rings. The van der Waals surface area contributed by atoms with Crippen LogP contribution in [-0.4, -0.2) is 27.9 Å². The van der Waals surface area contributed by atoms with Gasteiger partial charge in [-0.3, -0.25) is 9.89 Å². The van der Waals surface area contributed by atoms with Crippen molar-refractivity contribution in [1.82, 2.24) is 15.2 Å². The molecule has 0 spiro atoms. The van der Waals surface area contributed by atoms with Crippen LogP contribution >= 0.6 is 11.3 Å². The van der Waals surface area contributed by atoms with Crippen LogP contribution in [0.4, 0.5) is 5.82 Å². The molecule has 8 heteroatoms. The van der Waals surface area contributed by atoms with Gasteiger partial charge in [0.2, 0.25) is 12.7 Å². The SMILES string of the molecule is Cc1cc(NC(=O)Cc2csc(-c3ccc4c(c3)OCO4)n2)n[nH]1. The average Bonchev–Trinajstić information content (AvgIpc) is 3.27. The summed E-state index contributed by atoms with van der Waals surface area (Å²) in [5, 5.41) is 12.2. The summed E-state index contributed by atoms with van der Waals surface area (Å²) in [4.78, 5) is 16.6. The van der Waals surface area contributed by atoms with Gasteiger partial charge in [-0.15, -0.1) is 11.3 Å². The number of H-pyrrole nitrogens is 1. The lowest BCUT2D eigenvalue weighted by atomic mass is 10.2. The van der Waals surface area contributed by atoms with Crippen molar-refractivity contribution in [3.8, 4) is 22.1 Å². The Labute approximate surface area is 141 Å². The van der Waals surface area contributed by atoms with E-state index in [-0.39, 0.29) is 19.1 Å². The number of aromatic nitrogens is 3. The molecule has 2 N–H and O–H groups in total. The number of thiazole rings is 1. The maximum absolute atomic E-state index is 12.1. The summed E-state index contributed by atoms with van der Waals surface area (Å²) in [6.07, 6.45) is 0.201. The molecule has 0 aliphatic carbocycles. The molecule has 0 saturated heterocycles. The van der Waals surface area contributed by atoms with Crippen LogP contribution in [0.25, 0.3) is 10.6 Å². The lowest BCUT2D eigenvalue weighted by Crippen LogP contribution is -2.14. The number of hydrogen-bond acceptors (Lipinski definition) is 6. The number of anilines is 1. The maximum Gasteiger partial charge on any atom is 0.231 e. The van der Waals surface area contributed by atoms with E-state index in [0.29, 0.717) is 5.82 Å². The van der Waals surface area contributed by atoms with Gasteiger partial charge in [-0.1, -0.05) is 0 Å². The molecule has 1 aromatic carbocycles. The second-order valence-electron chi connectivity index (χ2n) is 5.37. The third-order valence-corrected chi connectivity index (χ3v) is 4.43. The van der Waals surface area contributed by atoms with E-state index in [1.807, 2.05) is 30.5 Å². The number of nitrogens with one attached hydrogen (secondary N) is 2. The molecule has 0 radical (unpaired) electrons. The van der Waals surface area contributed by atoms with Crippen molar-refractivity contribution >= 4 is 23.1 Å². The predicted molar refractivity (Wildman–Crippen MR) is 89.3 cm³/mol. The van der Waals surface area contributed by atoms with E-state index in [2.05, 4.69) is 20.5 Å². The number of hydrogen-bond donors (Lipinski definition) is 2. The van der Waals surface area contributed by atoms with Crippen LogP contribution in [0.3, 0.4) is 0 Å². The average molecular weight is 342 g/mol. The number of ether oxygens (including phenoxy) is 2. The molecule has 0 unspecified atom stereocenters. The van der Waals surface area contributed by atoms with Crippen molar-refractivity contribution in [2.24, 2.45) is 0 Å². The fourth-order valence-electron chi connectivity index (χ4n) is 2.38. The molecule has 0 atom stereocenters. The van der Waals surface area contributed by atoms with Gasteiger partial charge >= 0.3 is 0 Å². The van der Waals surface area contributed by atoms with Crippen LogP contribution in [-0.2, 0) is 11.2 Å². The van der Waals surface area contributed by atoms with E-state index in [1.54, 1.807) is 6.07 Å². The molecular weight excluding hydrogens is 328 g/mol. The Morgan fingerprint density at radius 3 is 3.04 bits per heavy atom. The summed E-state index contributed by atoms with van der Waals surface area (Å²) in [6.45, 7) is 2.12. The minimum atomic E-state index is -0.149. The monoisotopic (exact) mass is 342 g/mol. The van der Waals surface area contributed by atoms with Gasteiger partial charge in [0.25, 0.3) is 0 Å². The second-order valence-corrected chi connectivity index (χ2v) is 6.23. The second kappa shape index (κ2) is 5.97. The molecular formula is C16H14N4O3S. The standard InChI is InChI=1S/C16H14N4O3S/c1-9-4-14(20-19-9)18-15(21)6-11-7-24-16(17-11)10-2-3-12-13(5-10)23-8-22-12/h2-5,7H,6,8H2,1H3,(H2,18,19,20,21). The highest BCUT2D eigenvalue weighted by Crippen LogP contribution is 2.36. The predicted octanol–water partition coefficient (Wildman–Crippen LogP) is 2.75. The molecule has 7 nitrogen and oxygen atoms in total. The van der Waals surface area contributed by atoms with Gasteiger partial charge in [0.1, 0.15) is 5.01 Å². The van der Waals surface area contributed by atoms with Crippen LogP contribution in [0.1, 0.15) is 11.4 Å². The van der Waals surface area contributed by atoms with Crippen molar-refractivity contribution in [2.45, 2.75) is 13.3 Å². The molecule has 24 heavy (non-hydrogen) atoms. The largest absolute Gasteiger partial charge is 0.454 e. The molecule has 3 aromatic rings. The van der Waals surface area contributed by atoms with Gasteiger partial charge in [0.15, 0.2) is 17.3 Å². The number of aryl methyl sites for hydroxylation is 1. The van der Waals surface area contributed by atoms with Crippen molar-refractivity contribution in [3.05, 3.63) is 41.0 Å². The summed E-state index contributed by atoms with van der Waals surface area (Å²) < 4.78 is 10.7. The lowest BCUT2D eigenvalue weighted by molar-refractivity contribution is -0.115. The van der Waals surface area contributed by atoms with E-state index in [9.17, 15) is 4.79 Å². The van der Waals surface area contributed by atoms with Crippen molar-refractivity contribution in [1.29, 1.82) is 0 Å². The number of amides is 1. The smallest absolute Gasteiger partial charge is 0.231 e. The number of nitrogens with zero attached hydrogens (tertiary/aromatic N) is 2. The first-order valence-corrected chi connectivity index (χ1v) is 8.21. The van der Waals surface area contributed by atoms with Crippen molar-refractivity contribution in [3.63, 3.8) is 0 Å². The van der Waals surface area contributed by atoms with Gasteiger partial charge in [0.05, 0.1) is 12.1 Å². The van der Waals surface area contributed by atoms with Crippen molar-refractivity contribution in [2.75, 3.05) is 12.1 Å². The molecule has 1 amide bonds. The molecule has 122 valence electrons. The Bertz CT molecular complexity index is 902. The minimum Gasteiger partial charge on any atom is -0.454 e. The maximum atomic E-state index is 12.1. The minimum absolute atomic E-state index is 0.149. The molecule has 2 aromatic heterocycles. The third-order valence-electron chi connectivity index (χ3n) is 3.49. The molecule has 4 rings (SSSR count). The zero-order valence-corrected chi connectivity index (χ0v) is 13.6.